The number of hydrogen-bond donors (Lipinski definition) is 1. The molecule has 0 amide bonds. The third-order valence-electron chi connectivity index (χ3n) is 2.30. The monoisotopic (exact) mass is 388 g/mol. The molecule has 2 aromatic carbocycles. The van der Waals surface area contributed by atoms with Crippen molar-refractivity contribution in [1.29, 1.82) is 5.26 Å². The molecule has 90 valence electrons. The Morgan fingerprint density at radius 1 is 1.06 bits per heavy atom. The van der Waals surface area contributed by atoms with E-state index in [1.54, 1.807) is 18.2 Å². The highest BCUT2D eigenvalue weighted by atomic mass is 127. The Morgan fingerprint density at radius 3 is 2.50 bits per heavy atom. The van der Waals surface area contributed by atoms with Gasteiger partial charge in [0, 0.05) is 8.59 Å². The van der Waals surface area contributed by atoms with E-state index < -0.39 is 0 Å². The highest BCUT2D eigenvalue weighted by Gasteiger charge is 2.06. The van der Waals surface area contributed by atoms with E-state index in [0.29, 0.717) is 21.3 Å². The second kappa shape index (κ2) is 5.79. The van der Waals surface area contributed by atoms with Crippen LogP contribution in [0.25, 0.3) is 0 Å². The second-order valence-corrected chi connectivity index (χ2v) is 5.64. The number of benzene rings is 2. The zero-order chi connectivity index (χ0) is 13.1. The zero-order valence-corrected chi connectivity index (χ0v) is 12.7. The van der Waals surface area contributed by atoms with Crippen LogP contribution in [0.15, 0.2) is 36.4 Å². The fraction of sp³-hybridized carbons (Fsp3) is 0. The first kappa shape index (κ1) is 13.5. The maximum absolute atomic E-state index is 9.03. The molecule has 0 saturated carbocycles. The van der Waals surface area contributed by atoms with Crippen LogP contribution in [0, 0.1) is 14.9 Å². The Balaban J connectivity index is 2.40. The van der Waals surface area contributed by atoms with Gasteiger partial charge in [0.1, 0.15) is 6.07 Å². The fourth-order valence-electron chi connectivity index (χ4n) is 1.45. The highest BCUT2D eigenvalue weighted by Crippen LogP contribution is 2.29. The van der Waals surface area contributed by atoms with Crippen LogP contribution in [0.2, 0.25) is 10.0 Å². The Hall–Kier alpha value is -0.960. The summed E-state index contributed by atoms with van der Waals surface area (Å²) in [6.45, 7) is 0. The van der Waals surface area contributed by atoms with Gasteiger partial charge in [-0.1, -0.05) is 23.2 Å². The van der Waals surface area contributed by atoms with Crippen molar-refractivity contribution < 1.29 is 0 Å². The predicted molar refractivity (Wildman–Crippen MR) is 83.6 cm³/mol. The topological polar surface area (TPSA) is 35.8 Å². The molecule has 18 heavy (non-hydrogen) atoms. The minimum Gasteiger partial charge on any atom is -0.353 e. The van der Waals surface area contributed by atoms with Crippen molar-refractivity contribution in [3.05, 3.63) is 55.6 Å². The summed E-state index contributed by atoms with van der Waals surface area (Å²) in [6, 6.07) is 12.8. The van der Waals surface area contributed by atoms with Crippen LogP contribution in [0.3, 0.4) is 0 Å². The van der Waals surface area contributed by atoms with Crippen molar-refractivity contribution in [3.8, 4) is 6.07 Å². The van der Waals surface area contributed by atoms with Crippen LogP contribution in [-0.4, -0.2) is 0 Å². The first-order valence-corrected chi connectivity index (χ1v) is 6.85. The smallest absolute Gasteiger partial charge is 0.101 e. The number of nitriles is 1. The number of nitrogens with zero attached hydrogens (tertiary/aromatic N) is 1. The molecule has 2 nitrogen and oxygen atoms in total. The fourth-order valence-corrected chi connectivity index (χ4v) is 2.53. The number of anilines is 2. The van der Waals surface area contributed by atoms with Gasteiger partial charge in [-0.15, -0.1) is 0 Å². The summed E-state index contributed by atoms with van der Waals surface area (Å²) in [4.78, 5) is 0. The van der Waals surface area contributed by atoms with Crippen molar-refractivity contribution >= 4 is 57.2 Å². The average Bonchev–Trinajstić information content (AvgIpc) is 2.33. The lowest BCUT2D eigenvalue weighted by atomic mass is 10.2. The lowest BCUT2D eigenvalue weighted by Crippen LogP contribution is -1.94. The van der Waals surface area contributed by atoms with Gasteiger partial charge in [-0.05, 0) is 59.0 Å². The Kier molecular flexibility index (Phi) is 4.33. The Bertz CT molecular complexity index is 635. The molecule has 0 fully saturated rings. The molecular formula is C13H7Cl2IN2. The summed E-state index contributed by atoms with van der Waals surface area (Å²) in [5.41, 5.74) is 1.91. The molecule has 0 spiro atoms. The largest absolute Gasteiger partial charge is 0.353 e. The van der Waals surface area contributed by atoms with Crippen molar-refractivity contribution in [1.82, 2.24) is 0 Å². The molecular weight excluding hydrogens is 382 g/mol. The normalized spacial score (nSPS) is 9.89. The lowest BCUT2D eigenvalue weighted by molar-refractivity contribution is 1.46. The van der Waals surface area contributed by atoms with E-state index in [-0.39, 0.29) is 0 Å². The summed E-state index contributed by atoms with van der Waals surface area (Å²) in [7, 11) is 0. The van der Waals surface area contributed by atoms with Gasteiger partial charge in [0.25, 0.3) is 0 Å². The van der Waals surface area contributed by atoms with Gasteiger partial charge in [-0.2, -0.15) is 5.26 Å². The number of halogens is 3. The molecule has 0 aliphatic carbocycles. The SMILES string of the molecule is N#Cc1ccc(Cl)cc1Nc1ccc(I)cc1Cl. The first-order valence-electron chi connectivity index (χ1n) is 5.02. The summed E-state index contributed by atoms with van der Waals surface area (Å²) in [6.07, 6.45) is 0. The van der Waals surface area contributed by atoms with Crippen LogP contribution in [-0.2, 0) is 0 Å². The van der Waals surface area contributed by atoms with Crippen LogP contribution in [0.4, 0.5) is 11.4 Å². The van der Waals surface area contributed by atoms with Crippen molar-refractivity contribution in [2.24, 2.45) is 0 Å². The van der Waals surface area contributed by atoms with Crippen LogP contribution in [0.1, 0.15) is 5.56 Å². The summed E-state index contributed by atoms with van der Waals surface area (Å²) < 4.78 is 1.05. The van der Waals surface area contributed by atoms with E-state index in [0.717, 1.165) is 9.26 Å². The van der Waals surface area contributed by atoms with Crippen LogP contribution < -0.4 is 5.32 Å². The minimum atomic E-state index is 0.522. The van der Waals surface area contributed by atoms with Gasteiger partial charge in [0.05, 0.1) is 22.0 Å². The van der Waals surface area contributed by atoms with Gasteiger partial charge in [-0.25, -0.2) is 0 Å². The van der Waals surface area contributed by atoms with E-state index in [9.17, 15) is 0 Å². The standard InChI is InChI=1S/C13H7Cl2IN2/c14-9-2-1-8(7-17)13(5-9)18-12-4-3-10(16)6-11(12)15/h1-6,18H. The van der Waals surface area contributed by atoms with E-state index in [2.05, 4.69) is 34.0 Å². The number of hydrogen-bond acceptors (Lipinski definition) is 2. The molecule has 0 unspecified atom stereocenters. The quantitative estimate of drug-likeness (QED) is 0.716. The third-order valence-corrected chi connectivity index (χ3v) is 3.52. The maximum Gasteiger partial charge on any atom is 0.101 e. The average molecular weight is 389 g/mol. The molecule has 2 aromatic rings. The van der Waals surface area contributed by atoms with Gasteiger partial charge in [-0.3, -0.25) is 0 Å². The summed E-state index contributed by atoms with van der Waals surface area (Å²) in [5.74, 6) is 0. The van der Waals surface area contributed by atoms with Gasteiger partial charge in [0.2, 0.25) is 0 Å². The molecule has 0 aliphatic heterocycles. The van der Waals surface area contributed by atoms with E-state index in [1.807, 2.05) is 18.2 Å². The molecule has 5 heteroatoms. The molecule has 0 bridgehead atoms. The highest BCUT2D eigenvalue weighted by molar-refractivity contribution is 14.1. The number of nitrogens with one attached hydrogen (secondary N) is 1. The van der Waals surface area contributed by atoms with E-state index >= 15 is 0 Å². The lowest BCUT2D eigenvalue weighted by Gasteiger charge is -2.10. The van der Waals surface area contributed by atoms with E-state index in [4.69, 9.17) is 28.5 Å². The minimum absolute atomic E-state index is 0.522. The maximum atomic E-state index is 9.03. The Labute approximate surface area is 129 Å². The molecule has 0 saturated heterocycles. The molecule has 0 aliphatic rings. The zero-order valence-electron chi connectivity index (χ0n) is 9.05. The predicted octanol–water partition coefficient (Wildman–Crippen LogP) is 5.21. The molecule has 0 heterocycles. The van der Waals surface area contributed by atoms with Crippen LogP contribution >= 0.6 is 45.8 Å². The van der Waals surface area contributed by atoms with Crippen LogP contribution in [0.5, 0.6) is 0 Å². The second-order valence-electron chi connectivity index (χ2n) is 3.55. The molecule has 0 aromatic heterocycles. The van der Waals surface area contributed by atoms with E-state index in [1.165, 1.54) is 0 Å². The first-order chi connectivity index (χ1) is 8.60. The van der Waals surface area contributed by atoms with Gasteiger partial charge < -0.3 is 5.32 Å². The van der Waals surface area contributed by atoms with Gasteiger partial charge >= 0.3 is 0 Å². The van der Waals surface area contributed by atoms with Crippen molar-refractivity contribution in [2.75, 3.05) is 5.32 Å². The van der Waals surface area contributed by atoms with Gasteiger partial charge in [0.15, 0.2) is 0 Å². The number of rotatable bonds is 2. The third kappa shape index (κ3) is 3.08. The molecule has 1 N–H and O–H groups in total. The summed E-state index contributed by atoms with van der Waals surface area (Å²) >= 11 is 14.2. The van der Waals surface area contributed by atoms with Crippen molar-refractivity contribution in [2.45, 2.75) is 0 Å². The molecule has 0 atom stereocenters. The Morgan fingerprint density at radius 2 is 1.83 bits per heavy atom. The summed E-state index contributed by atoms with van der Waals surface area (Å²) in [5, 5.41) is 13.3. The molecule has 2 rings (SSSR count). The van der Waals surface area contributed by atoms with Crippen molar-refractivity contribution in [3.63, 3.8) is 0 Å². The molecule has 0 radical (unpaired) electrons.